The summed E-state index contributed by atoms with van der Waals surface area (Å²) < 4.78 is 0. The number of aryl methyl sites for hydroxylation is 1. The zero-order chi connectivity index (χ0) is 9.68. The van der Waals surface area contributed by atoms with Gasteiger partial charge in [0.2, 0.25) is 0 Å². The van der Waals surface area contributed by atoms with Gasteiger partial charge in [0, 0.05) is 10.9 Å². The van der Waals surface area contributed by atoms with Crippen molar-refractivity contribution < 1.29 is 0 Å². The van der Waals surface area contributed by atoms with E-state index in [-0.39, 0.29) is 0 Å². The van der Waals surface area contributed by atoms with E-state index in [1.165, 1.54) is 4.88 Å². The monoisotopic (exact) mass is 196 g/mol. The summed E-state index contributed by atoms with van der Waals surface area (Å²) in [5.41, 5.74) is 3.05. The molecule has 0 amide bonds. The third kappa shape index (κ3) is 2.64. The van der Waals surface area contributed by atoms with Crippen LogP contribution in [0.5, 0.6) is 0 Å². The van der Waals surface area contributed by atoms with Crippen LogP contribution in [0.15, 0.2) is 18.2 Å². The predicted molar refractivity (Wildman–Crippen MR) is 58.1 cm³/mol. The van der Waals surface area contributed by atoms with E-state index >= 15 is 0 Å². The van der Waals surface area contributed by atoms with Crippen molar-refractivity contribution in [1.29, 1.82) is 0 Å². The van der Waals surface area contributed by atoms with E-state index in [9.17, 15) is 0 Å². The van der Waals surface area contributed by atoms with E-state index in [1.54, 1.807) is 11.3 Å². The molecule has 2 nitrogen and oxygen atoms in total. The van der Waals surface area contributed by atoms with Gasteiger partial charge >= 0.3 is 0 Å². The Bertz CT molecular complexity index is 268. The van der Waals surface area contributed by atoms with Crippen molar-refractivity contribution in [2.75, 3.05) is 7.05 Å². The summed E-state index contributed by atoms with van der Waals surface area (Å²) in [5, 5.41) is 3.30. The molecule has 0 aliphatic carbocycles. The lowest BCUT2D eigenvalue weighted by Crippen LogP contribution is -2.15. The van der Waals surface area contributed by atoms with Crippen molar-refractivity contribution >= 4 is 11.3 Å². The van der Waals surface area contributed by atoms with Crippen LogP contribution >= 0.6 is 11.3 Å². The van der Waals surface area contributed by atoms with Gasteiger partial charge in [-0.05, 0) is 26.8 Å². The van der Waals surface area contributed by atoms with Gasteiger partial charge in [0.15, 0.2) is 0 Å². The second-order valence-electron chi connectivity index (χ2n) is 3.01. The highest BCUT2D eigenvalue weighted by atomic mass is 32.1. The molecule has 0 bridgehead atoms. The molecular weight excluding hydrogens is 180 g/mol. The maximum absolute atomic E-state index is 4.25. The van der Waals surface area contributed by atoms with E-state index < -0.39 is 0 Å². The fourth-order valence-corrected chi connectivity index (χ4v) is 2.28. The Morgan fingerprint density at radius 1 is 1.77 bits per heavy atom. The Morgan fingerprint density at radius 3 is 3.00 bits per heavy atom. The molecule has 1 heterocycles. The molecule has 1 rings (SSSR count). The molecule has 1 aromatic rings. The molecule has 0 saturated carbocycles. The van der Waals surface area contributed by atoms with E-state index in [0.29, 0.717) is 6.04 Å². The van der Waals surface area contributed by atoms with Crippen LogP contribution in [0.4, 0.5) is 0 Å². The normalized spacial score (nSPS) is 12.8. The minimum Gasteiger partial charge on any atom is -0.312 e. The summed E-state index contributed by atoms with van der Waals surface area (Å²) in [5.74, 6) is 0. The number of hydrogen-bond donors (Lipinski definition) is 1. The summed E-state index contributed by atoms with van der Waals surface area (Å²) in [7, 11) is 1.99. The zero-order valence-corrected chi connectivity index (χ0v) is 9.03. The minimum absolute atomic E-state index is 0.436. The number of aromatic nitrogens is 1. The number of nitrogens with zero attached hydrogens (tertiary/aromatic N) is 1. The Hall–Kier alpha value is -0.670. The molecule has 0 aromatic carbocycles. The van der Waals surface area contributed by atoms with Crippen molar-refractivity contribution in [2.24, 2.45) is 0 Å². The first-order valence-electron chi connectivity index (χ1n) is 4.47. The SMILES string of the molecule is C=CCCC(NC)c1scnc1C. The van der Waals surface area contributed by atoms with E-state index in [2.05, 4.69) is 23.8 Å². The lowest BCUT2D eigenvalue weighted by Gasteiger charge is -2.13. The molecule has 0 aliphatic heterocycles. The summed E-state index contributed by atoms with van der Waals surface area (Å²) in [6, 6.07) is 0.436. The van der Waals surface area contributed by atoms with Gasteiger partial charge in [-0.2, -0.15) is 0 Å². The van der Waals surface area contributed by atoms with Crippen LogP contribution in [0.2, 0.25) is 0 Å². The molecule has 0 fully saturated rings. The number of hydrogen-bond acceptors (Lipinski definition) is 3. The van der Waals surface area contributed by atoms with Crippen LogP contribution < -0.4 is 5.32 Å². The molecule has 13 heavy (non-hydrogen) atoms. The lowest BCUT2D eigenvalue weighted by molar-refractivity contribution is 0.560. The Balaban J connectivity index is 2.66. The van der Waals surface area contributed by atoms with E-state index in [1.807, 2.05) is 18.6 Å². The molecule has 3 heteroatoms. The first kappa shape index (κ1) is 10.4. The van der Waals surface area contributed by atoms with Crippen LogP contribution in [0.25, 0.3) is 0 Å². The Morgan fingerprint density at radius 2 is 2.54 bits per heavy atom. The van der Waals surface area contributed by atoms with Crippen molar-refractivity contribution in [3.05, 3.63) is 28.7 Å². The minimum atomic E-state index is 0.436. The molecule has 1 aromatic heterocycles. The summed E-state index contributed by atoms with van der Waals surface area (Å²) >= 11 is 1.72. The van der Waals surface area contributed by atoms with Gasteiger partial charge in [0.25, 0.3) is 0 Å². The van der Waals surface area contributed by atoms with Crippen molar-refractivity contribution in [1.82, 2.24) is 10.3 Å². The average Bonchev–Trinajstić information content (AvgIpc) is 2.54. The van der Waals surface area contributed by atoms with Crippen LogP contribution in [-0.2, 0) is 0 Å². The van der Waals surface area contributed by atoms with Gasteiger partial charge < -0.3 is 5.32 Å². The molecule has 1 atom stereocenters. The second kappa shape index (κ2) is 5.14. The highest BCUT2D eigenvalue weighted by Crippen LogP contribution is 2.24. The van der Waals surface area contributed by atoms with Crippen molar-refractivity contribution in [3.63, 3.8) is 0 Å². The molecule has 0 spiro atoms. The number of thiazole rings is 1. The van der Waals surface area contributed by atoms with Gasteiger partial charge in [-0.3, -0.25) is 0 Å². The summed E-state index contributed by atoms with van der Waals surface area (Å²) in [4.78, 5) is 5.60. The Labute approximate surface area is 83.7 Å². The predicted octanol–water partition coefficient (Wildman–Crippen LogP) is 2.68. The average molecular weight is 196 g/mol. The molecule has 0 radical (unpaired) electrons. The first-order valence-corrected chi connectivity index (χ1v) is 5.35. The van der Waals surface area contributed by atoms with Gasteiger partial charge in [-0.1, -0.05) is 6.08 Å². The smallest absolute Gasteiger partial charge is 0.0798 e. The fourth-order valence-electron chi connectivity index (χ4n) is 1.34. The zero-order valence-electron chi connectivity index (χ0n) is 8.21. The quantitative estimate of drug-likeness (QED) is 0.732. The van der Waals surface area contributed by atoms with Crippen molar-refractivity contribution in [2.45, 2.75) is 25.8 Å². The summed E-state index contributed by atoms with van der Waals surface area (Å²) in [6.07, 6.45) is 4.10. The maximum Gasteiger partial charge on any atom is 0.0798 e. The standard InChI is InChI=1S/C10H16N2S/c1-4-5-6-9(11-3)10-8(2)12-7-13-10/h4,7,9,11H,1,5-6H2,2-3H3. The van der Waals surface area contributed by atoms with E-state index in [4.69, 9.17) is 0 Å². The fraction of sp³-hybridized carbons (Fsp3) is 0.500. The largest absolute Gasteiger partial charge is 0.312 e. The van der Waals surface area contributed by atoms with Crippen LogP contribution in [0, 0.1) is 6.92 Å². The number of rotatable bonds is 5. The van der Waals surface area contributed by atoms with Crippen LogP contribution in [0.3, 0.4) is 0 Å². The summed E-state index contributed by atoms with van der Waals surface area (Å²) in [6.45, 7) is 5.79. The highest BCUT2D eigenvalue weighted by molar-refractivity contribution is 7.09. The highest BCUT2D eigenvalue weighted by Gasteiger charge is 2.12. The van der Waals surface area contributed by atoms with Crippen LogP contribution in [-0.4, -0.2) is 12.0 Å². The molecular formula is C10H16N2S. The molecule has 72 valence electrons. The van der Waals surface area contributed by atoms with Crippen LogP contribution in [0.1, 0.15) is 29.5 Å². The van der Waals surface area contributed by atoms with Gasteiger partial charge in [-0.25, -0.2) is 4.98 Å². The lowest BCUT2D eigenvalue weighted by atomic mass is 10.1. The third-order valence-electron chi connectivity index (χ3n) is 2.11. The topological polar surface area (TPSA) is 24.9 Å². The Kier molecular flexibility index (Phi) is 4.12. The molecule has 1 N–H and O–H groups in total. The molecule has 0 aliphatic rings. The number of allylic oxidation sites excluding steroid dienone is 1. The van der Waals surface area contributed by atoms with Gasteiger partial charge in [-0.15, -0.1) is 17.9 Å². The maximum atomic E-state index is 4.25. The first-order chi connectivity index (χ1) is 6.29. The molecule has 1 unspecified atom stereocenters. The third-order valence-corrected chi connectivity index (χ3v) is 3.15. The van der Waals surface area contributed by atoms with Crippen molar-refractivity contribution in [3.8, 4) is 0 Å². The molecule has 0 saturated heterocycles. The van der Waals surface area contributed by atoms with Gasteiger partial charge in [0.1, 0.15) is 0 Å². The number of nitrogens with one attached hydrogen (secondary N) is 1. The van der Waals surface area contributed by atoms with Gasteiger partial charge in [0.05, 0.1) is 11.2 Å². The van der Waals surface area contributed by atoms with E-state index in [0.717, 1.165) is 18.5 Å². The second-order valence-corrected chi connectivity index (χ2v) is 3.90.